The maximum Gasteiger partial charge on any atom is 0.0914 e. The molecule has 2 aromatic rings. The lowest BCUT2D eigenvalue weighted by Gasteiger charge is -2.12. The van der Waals surface area contributed by atoms with Crippen molar-refractivity contribution in [2.75, 3.05) is 26.3 Å². The molecule has 0 fully saturated rings. The molecule has 25 heavy (non-hydrogen) atoms. The van der Waals surface area contributed by atoms with Crippen LogP contribution in [0.25, 0.3) is 0 Å². The molecule has 0 saturated heterocycles. The lowest BCUT2D eigenvalue weighted by atomic mass is 10.1. The van der Waals surface area contributed by atoms with E-state index in [0.717, 1.165) is 44.6 Å². The third kappa shape index (κ3) is 8.82. The molecule has 2 N–H and O–H groups in total. The van der Waals surface area contributed by atoms with E-state index in [1.165, 1.54) is 18.4 Å². The first kappa shape index (κ1) is 19.6. The van der Waals surface area contributed by atoms with Crippen LogP contribution in [0.1, 0.15) is 42.9 Å². The number of aliphatic hydroxyl groups is 1. The van der Waals surface area contributed by atoms with E-state index in [-0.39, 0.29) is 0 Å². The molecule has 1 atom stereocenters. The van der Waals surface area contributed by atoms with Gasteiger partial charge in [0.1, 0.15) is 0 Å². The van der Waals surface area contributed by atoms with Gasteiger partial charge in [-0.25, -0.2) is 0 Å². The molecule has 3 heteroatoms. The third-order valence-electron chi connectivity index (χ3n) is 4.29. The molecular weight excluding hydrogens is 310 g/mol. The van der Waals surface area contributed by atoms with Crippen molar-refractivity contribution >= 4 is 0 Å². The largest absolute Gasteiger partial charge is 0.387 e. The first-order valence-corrected chi connectivity index (χ1v) is 9.41. The second-order valence-corrected chi connectivity index (χ2v) is 6.39. The summed E-state index contributed by atoms with van der Waals surface area (Å²) in [7, 11) is 0. The third-order valence-corrected chi connectivity index (χ3v) is 4.29. The van der Waals surface area contributed by atoms with Crippen LogP contribution in [0.5, 0.6) is 0 Å². The van der Waals surface area contributed by atoms with E-state index in [1.807, 2.05) is 36.4 Å². The summed E-state index contributed by atoms with van der Waals surface area (Å²) < 4.78 is 5.70. The minimum atomic E-state index is -0.417. The van der Waals surface area contributed by atoms with Crippen molar-refractivity contribution in [2.45, 2.75) is 38.2 Å². The Morgan fingerprint density at radius 1 is 0.800 bits per heavy atom. The topological polar surface area (TPSA) is 41.5 Å². The molecule has 0 unspecified atom stereocenters. The summed E-state index contributed by atoms with van der Waals surface area (Å²) in [6, 6.07) is 20.3. The van der Waals surface area contributed by atoms with E-state index in [2.05, 4.69) is 29.6 Å². The van der Waals surface area contributed by atoms with E-state index < -0.39 is 6.10 Å². The molecule has 0 aliphatic carbocycles. The van der Waals surface area contributed by atoms with Gasteiger partial charge in [-0.15, -0.1) is 0 Å². The van der Waals surface area contributed by atoms with E-state index in [1.54, 1.807) is 0 Å². The number of aliphatic hydroxyl groups excluding tert-OH is 1. The Hall–Kier alpha value is -1.68. The Kier molecular flexibility index (Phi) is 9.94. The standard InChI is InChI=1S/C22H31NO2/c24-22(21-13-7-4-8-14-21)19-23-16-9-1-2-10-17-25-18-15-20-11-5-3-6-12-20/h3-8,11-14,22-24H,1-2,9-10,15-19H2/t22-/m0/s1. The van der Waals surface area contributed by atoms with Gasteiger partial charge in [-0.05, 0) is 36.9 Å². The zero-order valence-electron chi connectivity index (χ0n) is 15.1. The second-order valence-electron chi connectivity index (χ2n) is 6.39. The maximum absolute atomic E-state index is 10.0. The van der Waals surface area contributed by atoms with Crippen LogP contribution in [0.2, 0.25) is 0 Å². The van der Waals surface area contributed by atoms with Crippen molar-refractivity contribution in [3.63, 3.8) is 0 Å². The summed E-state index contributed by atoms with van der Waals surface area (Å²) in [5, 5.41) is 13.4. The number of benzene rings is 2. The molecule has 0 spiro atoms. The molecule has 0 bridgehead atoms. The normalized spacial score (nSPS) is 12.2. The van der Waals surface area contributed by atoms with Gasteiger partial charge in [0.25, 0.3) is 0 Å². The molecule has 0 heterocycles. The zero-order chi connectivity index (χ0) is 17.6. The minimum absolute atomic E-state index is 0.417. The van der Waals surface area contributed by atoms with Gasteiger partial charge in [-0.3, -0.25) is 0 Å². The number of unbranched alkanes of at least 4 members (excludes halogenated alkanes) is 3. The van der Waals surface area contributed by atoms with Crippen LogP contribution < -0.4 is 5.32 Å². The molecule has 2 rings (SSSR count). The fraction of sp³-hybridized carbons (Fsp3) is 0.455. The smallest absolute Gasteiger partial charge is 0.0914 e. The van der Waals surface area contributed by atoms with Crippen molar-refractivity contribution in [3.05, 3.63) is 71.8 Å². The van der Waals surface area contributed by atoms with Gasteiger partial charge in [0.05, 0.1) is 12.7 Å². The van der Waals surface area contributed by atoms with Gasteiger partial charge in [0, 0.05) is 13.2 Å². The quantitative estimate of drug-likeness (QED) is 0.538. The van der Waals surface area contributed by atoms with E-state index >= 15 is 0 Å². The fourth-order valence-corrected chi connectivity index (χ4v) is 2.78. The Morgan fingerprint density at radius 2 is 1.48 bits per heavy atom. The highest BCUT2D eigenvalue weighted by Gasteiger charge is 2.05. The molecule has 0 radical (unpaired) electrons. The fourth-order valence-electron chi connectivity index (χ4n) is 2.78. The summed E-state index contributed by atoms with van der Waals surface area (Å²) >= 11 is 0. The number of hydrogen-bond donors (Lipinski definition) is 2. The Labute approximate surface area is 152 Å². The molecule has 136 valence electrons. The summed E-state index contributed by atoms with van der Waals surface area (Å²) in [5.41, 5.74) is 2.31. The average Bonchev–Trinajstić information content (AvgIpc) is 2.67. The van der Waals surface area contributed by atoms with Crippen LogP contribution in [0.15, 0.2) is 60.7 Å². The zero-order valence-corrected chi connectivity index (χ0v) is 15.1. The molecule has 0 amide bonds. The van der Waals surface area contributed by atoms with Crippen LogP contribution >= 0.6 is 0 Å². The Balaban J connectivity index is 1.36. The van der Waals surface area contributed by atoms with Crippen LogP contribution in [-0.4, -0.2) is 31.4 Å². The average molecular weight is 341 g/mol. The lowest BCUT2D eigenvalue weighted by molar-refractivity contribution is 0.133. The van der Waals surface area contributed by atoms with Gasteiger partial charge in [0.2, 0.25) is 0 Å². The van der Waals surface area contributed by atoms with Crippen LogP contribution in [-0.2, 0) is 11.2 Å². The van der Waals surface area contributed by atoms with Crippen molar-refractivity contribution < 1.29 is 9.84 Å². The molecule has 0 aliphatic heterocycles. The molecule has 0 aliphatic rings. The Morgan fingerprint density at radius 3 is 2.24 bits per heavy atom. The van der Waals surface area contributed by atoms with Crippen molar-refractivity contribution in [3.8, 4) is 0 Å². The van der Waals surface area contributed by atoms with Gasteiger partial charge >= 0.3 is 0 Å². The van der Waals surface area contributed by atoms with Crippen molar-refractivity contribution in [2.24, 2.45) is 0 Å². The predicted molar refractivity (Wildman–Crippen MR) is 104 cm³/mol. The second kappa shape index (κ2) is 12.6. The van der Waals surface area contributed by atoms with E-state index in [4.69, 9.17) is 4.74 Å². The van der Waals surface area contributed by atoms with Crippen molar-refractivity contribution in [1.82, 2.24) is 5.32 Å². The van der Waals surface area contributed by atoms with Gasteiger partial charge in [-0.1, -0.05) is 73.5 Å². The lowest BCUT2D eigenvalue weighted by Crippen LogP contribution is -2.22. The minimum Gasteiger partial charge on any atom is -0.387 e. The van der Waals surface area contributed by atoms with Gasteiger partial charge < -0.3 is 15.2 Å². The summed E-state index contributed by atoms with van der Waals surface area (Å²) in [6.45, 7) is 3.24. The monoisotopic (exact) mass is 341 g/mol. The summed E-state index contributed by atoms with van der Waals surface area (Å²) in [4.78, 5) is 0. The van der Waals surface area contributed by atoms with E-state index in [0.29, 0.717) is 6.54 Å². The number of nitrogens with one attached hydrogen (secondary N) is 1. The van der Waals surface area contributed by atoms with Crippen molar-refractivity contribution in [1.29, 1.82) is 0 Å². The Bertz CT molecular complexity index is 544. The van der Waals surface area contributed by atoms with Crippen LogP contribution in [0.3, 0.4) is 0 Å². The first-order chi connectivity index (χ1) is 12.4. The summed E-state index contributed by atoms with van der Waals surface area (Å²) in [6.07, 6.45) is 5.26. The molecule has 3 nitrogen and oxygen atoms in total. The number of ether oxygens (including phenoxy) is 1. The molecule has 0 aromatic heterocycles. The molecule has 2 aromatic carbocycles. The number of hydrogen-bond acceptors (Lipinski definition) is 3. The van der Waals surface area contributed by atoms with Crippen LogP contribution in [0.4, 0.5) is 0 Å². The highest BCUT2D eigenvalue weighted by molar-refractivity contribution is 5.17. The summed E-state index contributed by atoms with van der Waals surface area (Å²) in [5.74, 6) is 0. The van der Waals surface area contributed by atoms with Crippen LogP contribution in [0, 0.1) is 0 Å². The van der Waals surface area contributed by atoms with Gasteiger partial charge in [0.15, 0.2) is 0 Å². The van der Waals surface area contributed by atoms with E-state index in [9.17, 15) is 5.11 Å². The molecular formula is C22H31NO2. The number of rotatable bonds is 13. The highest BCUT2D eigenvalue weighted by atomic mass is 16.5. The first-order valence-electron chi connectivity index (χ1n) is 9.41. The highest BCUT2D eigenvalue weighted by Crippen LogP contribution is 2.10. The molecule has 0 saturated carbocycles. The predicted octanol–water partition coefficient (Wildman–Crippen LogP) is 4.13. The SMILES string of the molecule is O[C@@H](CNCCCCCCOCCc1ccccc1)c1ccccc1. The maximum atomic E-state index is 10.0. The van der Waals surface area contributed by atoms with Gasteiger partial charge in [-0.2, -0.15) is 0 Å².